The molecule has 0 aliphatic heterocycles. The van der Waals surface area contributed by atoms with Crippen molar-refractivity contribution in [1.29, 1.82) is 5.26 Å². The molecule has 0 saturated heterocycles. The first kappa shape index (κ1) is 15.1. The number of carbonyl (C=O) groups excluding carboxylic acids is 2. The summed E-state index contributed by atoms with van der Waals surface area (Å²) in [5.74, 6) is -4.20. The van der Waals surface area contributed by atoms with Crippen LogP contribution in [0.1, 0.15) is 5.56 Å². The molecule has 0 fully saturated rings. The van der Waals surface area contributed by atoms with Gasteiger partial charge in [0.15, 0.2) is 11.6 Å². The minimum absolute atomic E-state index is 0.0427. The fraction of sp³-hybridized carbons (Fsp3) is 0. The maximum Gasteiger partial charge on any atom is 0.314 e. The zero-order valence-electron chi connectivity index (χ0n) is 11.1. The van der Waals surface area contributed by atoms with Crippen molar-refractivity contribution in [3.8, 4) is 6.07 Å². The molecule has 2 aromatic carbocycles. The fourth-order valence-corrected chi connectivity index (χ4v) is 1.58. The smallest absolute Gasteiger partial charge is 0.314 e. The second kappa shape index (κ2) is 6.45. The molecule has 22 heavy (non-hydrogen) atoms. The minimum Gasteiger partial charge on any atom is -0.318 e. The van der Waals surface area contributed by atoms with Crippen LogP contribution in [-0.4, -0.2) is 11.8 Å². The number of nitrogens with zero attached hydrogens (tertiary/aromatic N) is 1. The van der Waals surface area contributed by atoms with Gasteiger partial charge in [-0.2, -0.15) is 5.26 Å². The Bertz CT molecular complexity index is 767. The first-order chi connectivity index (χ1) is 10.5. The number of nitrogens with one attached hydrogen (secondary N) is 2. The predicted octanol–water partition coefficient (Wildman–Crippen LogP) is 2.41. The van der Waals surface area contributed by atoms with E-state index in [0.717, 1.165) is 18.2 Å². The number of anilines is 2. The molecule has 0 saturated carbocycles. The number of carbonyl (C=O) groups is 2. The summed E-state index contributed by atoms with van der Waals surface area (Å²) >= 11 is 0. The zero-order chi connectivity index (χ0) is 16.1. The molecule has 2 rings (SSSR count). The molecule has 0 aromatic heterocycles. The normalized spacial score (nSPS) is 9.68. The van der Waals surface area contributed by atoms with Gasteiger partial charge in [-0.25, -0.2) is 8.78 Å². The third kappa shape index (κ3) is 3.64. The van der Waals surface area contributed by atoms with Crippen molar-refractivity contribution in [2.24, 2.45) is 0 Å². The van der Waals surface area contributed by atoms with Crippen molar-refractivity contribution in [3.05, 3.63) is 59.7 Å². The van der Waals surface area contributed by atoms with Crippen LogP contribution in [-0.2, 0) is 9.59 Å². The molecule has 0 aliphatic carbocycles. The first-order valence-corrected chi connectivity index (χ1v) is 6.07. The number of nitriles is 1. The van der Waals surface area contributed by atoms with Gasteiger partial charge in [-0.1, -0.05) is 0 Å². The van der Waals surface area contributed by atoms with Crippen LogP contribution in [0.25, 0.3) is 0 Å². The van der Waals surface area contributed by atoms with E-state index in [1.54, 1.807) is 0 Å². The average Bonchev–Trinajstić information content (AvgIpc) is 2.51. The highest BCUT2D eigenvalue weighted by Gasteiger charge is 2.15. The Morgan fingerprint density at radius 1 is 0.864 bits per heavy atom. The van der Waals surface area contributed by atoms with Crippen molar-refractivity contribution in [2.45, 2.75) is 0 Å². The van der Waals surface area contributed by atoms with Crippen molar-refractivity contribution in [1.82, 2.24) is 0 Å². The number of hydrogen-bond acceptors (Lipinski definition) is 3. The Morgan fingerprint density at radius 2 is 1.41 bits per heavy atom. The summed E-state index contributed by atoms with van der Waals surface area (Å²) in [6.07, 6.45) is 0. The van der Waals surface area contributed by atoms with Gasteiger partial charge in [0.1, 0.15) is 0 Å². The third-order valence-corrected chi connectivity index (χ3v) is 2.66. The molecule has 110 valence electrons. The Hall–Kier alpha value is -3.27. The molecule has 0 heterocycles. The summed E-state index contributed by atoms with van der Waals surface area (Å²) in [6, 6.07) is 10.5. The molecule has 0 aliphatic rings. The Labute approximate surface area is 124 Å². The lowest BCUT2D eigenvalue weighted by molar-refractivity contribution is -0.133. The van der Waals surface area contributed by atoms with E-state index in [9.17, 15) is 18.4 Å². The van der Waals surface area contributed by atoms with E-state index in [1.807, 2.05) is 6.07 Å². The summed E-state index contributed by atoms with van der Waals surface area (Å²) in [4.78, 5) is 23.3. The molecule has 0 unspecified atom stereocenters. The van der Waals surface area contributed by atoms with Crippen LogP contribution in [0, 0.1) is 23.0 Å². The van der Waals surface area contributed by atoms with Crippen LogP contribution < -0.4 is 10.6 Å². The number of hydrogen-bond donors (Lipinski definition) is 2. The summed E-state index contributed by atoms with van der Waals surface area (Å²) in [5, 5.41) is 13.1. The van der Waals surface area contributed by atoms with E-state index in [-0.39, 0.29) is 5.69 Å². The highest BCUT2D eigenvalue weighted by molar-refractivity contribution is 6.43. The highest BCUT2D eigenvalue weighted by atomic mass is 19.2. The van der Waals surface area contributed by atoms with Gasteiger partial charge in [0.25, 0.3) is 0 Å². The first-order valence-electron chi connectivity index (χ1n) is 6.07. The van der Waals surface area contributed by atoms with E-state index in [4.69, 9.17) is 5.26 Å². The largest absolute Gasteiger partial charge is 0.318 e. The van der Waals surface area contributed by atoms with Crippen LogP contribution >= 0.6 is 0 Å². The Balaban J connectivity index is 2.01. The second-order valence-electron chi connectivity index (χ2n) is 4.23. The monoisotopic (exact) mass is 301 g/mol. The summed E-state index contributed by atoms with van der Waals surface area (Å²) < 4.78 is 25.7. The standard InChI is InChI=1S/C15H9F2N3O2/c16-12-6-5-11(7-13(12)17)20-15(22)14(21)19-10-3-1-9(8-18)2-4-10/h1-7H,(H,19,21)(H,20,22). The zero-order valence-corrected chi connectivity index (χ0v) is 11.1. The highest BCUT2D eigenvalue weighted by Crippen LogP contribution is 2.13. The van der Waals surface area contributed by atoms with E-state index in [2.05, 4.69) is 10.6 Å². The van der Waals surface area contributed by atoms with Crippen LogP contribution in [0.5, 0.6) is 0 Å². The lowest BCUT2D eigenvalue weighted by atomic mass is 10.2. The van der Waals surface area contributed by atoms with Crippen molar-refractivity contribution in [2.75, 3.05) is 10.6 Å². The van der Waals surface area contributed by atoms with Crippen molar-refractivity contribution >= 4 is 23.2 Å². The topological polar surface area (TPSA) is 82.0 Å². The van der Waals surface area contributed by atoms with Crippen LogP contribution in [0.4, 0.5) is 20.2 Å². The van der Waals surface area contributed by atoms with Gasteiger partial charge >= 0.3 is 11.8 Å². The SMILES string of the molecule is N#Cc1ccc(NC(=O)C(=O)Nc2ccc(F)c(F)c2)cc1. The number of rotatable bonds is 2. The third-order valence-electron chi connectivity index (χ3n) is 2.66. The second-order valence-corrected chi connectivity index (χ2v) is 4.23. The van der Waals surface area contributed by atoms with E-state index >= 15 is 0 Å². The summed E-state index contributed by atoms with van der Waals surface area (Å²) in [5.41, 5.74) is 0.688. The molecule has 0 bridgehead atoms. The van der Waals surface area contributed by atoms with Crippen LogP contribution in [0.2, 0.25) is 0 Å². The Kier molecular flexibility index (Phi) is 4.44. The molecule has 0 atom stereocenters. The van der Waals surface area contributed by atoms with Gasteiger partial charge in [-0.05, 0) is 36.4 Å². The molecule has 7 heteroatoms. The molecule has 2 N–H and O–H groups in total. The predicted molar refractivity (Wildman–Crippen MR) is 74.8 cm³/mol. The number of amides is 2. The molecular weight excluding hydrogens is 292 g/mol. The molecule has 0 spiro atoms. The molecule has 2 amide bonds. The molecule has 2 aromatic rings. The van der Waals surface area contributed by atoms with Crippen LogP contribution in [0.3, 0.4) is 0 Å². The van der Waals surface area contributed by atoms with Gasteiger partial charge in [0, 0.05) is 17.4 Å². The van der Waals surface area contributed by atoms with Crippen molar-refractivity contribution in [3.63, 3.8) is 0 Å². The van der Waals surface area contributed by atoms with E-state index in [0.29, 0.717) is 11.3 Å². The van der Waals surface area contributed by atoms with Gasteiger partial charge < -0.3 is 10.6 Å². The average molecular weight is 301 g/mol. The van der Waals surface area contributed by atoms with Gasteiger partial charge in [-0.15, -0.1) is 0 Å². The van der Waals surface area contributed by atoms with Crippen molar-refractivity contribution < 1.29 is 18.4 Å². The van der Waals surface area contributed by atoms with Gasteiger partial charge in [0.2, 0.25) is 0 Å². The lowest BCUT2D eigenvalue weighted by Crippen LogP contribution is -2.29. The maximum atomic E-state index is 13.0. The van der Waals surface area contributed by atoms with E-state index in [1.165, 1.54) is 24.3 Å². The lowest BCUT2D eigenvalue weighted by Gasteiger charge is -2.07. The molecule has 5 nitrogen and oxygen atoms in total. The minimum atomic E-state index is -1.13. The number of halogens is 2. The number of benzene rings is 2. The summed E-state index contributed by atoms with van der Waals surface area (Å²) in [6.45, 7) is 0. The van der Waals surface area contributed by atoms with Crippen LogP contribution in [0.15, 0.2) is 42.5 Å². The summed E-state index contributed by atoms with van der Waals surface area (Å²) in [7, 11) is 0. The Morgan fingerprint density at radius 3 is 1.95 bits per heavy atom. The molecule has 0 radical (unpaired) electrons. The maximum absolute atomic E-state index is 13.0. The van der Waals surface area contributed by atoms with Gasteiger partial charge in [0.05, 0.1) is 11.6 Å². The fourth-order valence-electron chi connectivity index (χ4n) is 1.58. The van der Waals surface area contributed by atoms with E-state index < -0.39 is 23.4 Å². The molecular formula is C15H9F2N3O2. The van der Waals surface area contributed by atoms with Gasteiger partial charge in [-0.3, -0.25) is 9.59 Å². The quantitative estimate of drug-likeness (QED) is 0.836.